The number of hydrogen-bond donors (Lipinski definition) is 2. The number of rotatable bonds is 2. The second kappa shape index (κ2) is 17.3. The lowest BCUT2D eigenvalue weighted by molar-refractivity contribution is 0.0695. The van der Waals surface area contributed by atoms with Gasteiger partial charge in [0, 0.05) is 0 Å². The Morgan fingerprint density at radius 3 is 1.39 bits per heavy atom. The average molecular weight is 691 g/mol. The van der Waals surface area contributed by atoms with Gasteiger partial charge in [-0.3, -0.25) is 4.79 Å². The quantitative estimate of drug-likeness (QED) is 0.232. The molecule has 4 heterocycles. The molecule has 0 aromatic carbocycles. The van der Waals surface area contributed by atoms with Crippen molar-refractivity contribution < 1.29 is 27.9 Å². The molecule has 0 saturated heterocycles. The Morgan fingerprint density at radius 2 is 1.07 bits per heavy atom. The van der Waals surface area contributed by atoms with Crippen LogP contribution in [0, 0.1) is 28.8 Å². The first-order chi connectivity index (χ1) is 19.1. The predicted octanol–water partition coefficient (Wildman–Crippen LogP) is 6.12. The van der Waals surface area contributed by atoms with E-state index in [1.165, 1.54) is 0 Å². The summed E-state index contributed by atoms with van der Waals surface area (Å²) in [5.41, 5.74) is 4.48. The third kappa shape index (κ3) is 13.1. The average Bonchev–Trinajstić information content (AvgIpc) is 2.88. The molecule has 20 heteroatoms. The largest absolute Gasteiger partial charge is 0.478 e. The number of carbonyl (C=O) groups is 2. The van der Waals surface area contributed by atoms with E-state index in [2.05, 4.69) is 29.9 Å². The fourth-order valence-electron chi connectivity index (χ4n) is 1.97. The third-order valence-corrected chi connectivity index (χ3v) is 5.00. The van der Waals surface area contributed by atoms with Crippen molar-refractivity contribution in [2.24, 2.45) is 5.73 Å². The van der Waals surface area contributed by atoms with Gasteiger partial charge in [-0.25, -0.2) is 32.9 Å². The molecule has 4 rings (SSSR count). The Bertz CT molecular complexity index is 1490. The summed E-state index contributed by atoms with van der Waals surface area (Å²) in [7, 11) is 0. The summed E-state index contributed by atoms with van der Waals surface area (Å²) in [4.78, 5) is 41.3. The Kier molecular flexibility index (Phi) is 14.9. The van der Waals surface area contributed by atoms with Crippen LogP contribution >= 0.6 is 69.6 Å². The van der Waals surface area contributed by atoms with Crippen molar-refractivity contribution in [1.82, 2.24) is 29.9 Å². The number of nitrogens with zero attached hydrogens (tertiary/aromatic N) is 7. The summed E-state index contributed by atoms with van der Waals surface area (Å²) in [5.74, 6) is -3.99. The minimum Gasteiger partial charge on any atom is -0.478 e. The highest BCUT2D eigenvalue weighted by Gasteiger charge is 2.10. The number of carbonyl (C=O) groups excluding carboxylic acids is 1. The zero-order valence-corrected chi connectivity index (χ0v) is 23.9. The molecule has 0 aliphatic heterocycles. The van der Waals surface area contributed by atoms with Crippen LogP contribution in [-0.4, -0.2) is 46.9 Å². The van der Waals surface area contributed by atoms with E-state index in [0.29, 0.717) is 0 Å². The lowest BCUT2D eigenvalue weighted by Crippen LogP contribution is -2.12. The van der Waals surface area contributed by atoms with Gasteiger partial charge in [0.1, 0.15) is 39.0 Å². The van der Waals surface area contributed by atoms with Crippen molar-refractivity contribution in [2.45, 2.75) is 0 Å². The first kappa shape index (κ1) is 35.4. The fraction of sp³-hybridized carbons (Fsp3) is 0. The van der Waals surface area contributed by atoms with Gasteiger partial charge >= 0.3 is 5.97 Å². The zero-order valence-electron chi connectivity index (χ0n) is 19.3. The maximum absolute atomic E-state index is 12.4. The minimum absolute atomic E-state index is 0.000000000000000444. The highest BCUT2D eigenvalue weighted by atomic mass is 35.5. The third-order valence-electron chi connectivity index (χ3n) is 3.59. The van der Waals surface area contributed by atoms with Crippen molar-refractivity contribution in [2.75, 3.05) is 0 Å². The Morgan fingerprint density at radius 1 is 0.707 bits per heavy atom. The number of amides is 1. The topological polar surface area (TPSA) is 182 Å². The molecule has 41 heavy (non-hydrogen) atoms. The number of nitriles is 1. The summed E-state index contributed by atoms with van der Waals surface area (Å²) in [5, 5.41) is 16.4. The molecule has 3 N–H and O–H groups in total. The van der Waals surface area contributed by atoms with Gasteiger partial charge in [0.2, 0.25) is 15.9 Å². The summed E-state index contributed by atoms with van der Waals surface area (Å²) in [6.45, 7) is 0. The van der Waals surface area contributed by atoms with Crippen molar-refractivity contribution in [3.05, 3.63) is 102 Å². The molecule has 0 aliphatic rings. The second-order valence-electron chi connectivity index (χ2n) is 6.40. The molecule has 0 aliphatic carbocycles. The molecule has 0 bridgehead atoms. The number of hydrogen-bond acceptors (Lipinski definition) is 9. The molecule has 1 amide bonds. The molecular weight excluding hydrogens is 682 g/mol. The van der Waals surface area contributed by atoms with E-state index >= 15 is 0 Å². The molecule has 214 valence electrons. The van der Waals surface area contributed by atoms with E-state index in [1.54, 1.807) is 6.07 Å². The van der Waals surface area contributed by atoms with Crippen molar-refractivity contribution in [3.8, 4) is 6.07 Å². The first-order valence-corrected chi connectivity index (χ1v) is 12.0. The monoisotopic (exact) mass is 688 g/mol. The number of aromatic carboxylic acids is 1. The molecule has 0 radical (unpaired) electrons. The zero-order chi connectivity index (χ0) is 31.3. The molecule has 0 saturated carbocycles. The van der Waals surface area contributed by atoms with Gasteiger partial charge in [-0.05, 0) is 53.0 Å². The van der Waals surface area contributed by atoms with Crippen LogP contribution in [-0.2, 0) is 0 Å². The van der Waals surface area contributed by atoms with E-state index < -0.39 is 29.3 Å². The molecule has 0 spiro atoms. The number of nitrogens with two attached hydrogens (primary N) is 1. The van der Waals surface area contributed by atoms with Gasteiger partial charge in [-0.2, -0.15) is 20.2 Å². The number of pyridine rings is 3. The molecule has 0 atom stereocenters. The van der Waals surface area contributed by atoms with Gasteiger partial charge in [0.05, 0.1) is 35.3 Å². The van der Waals surface area contributed by atoms with Crippen LogP contribution in [0.25, 0.3) is 0 Å². The number of carboxylic acids is 1. The predicted molar refractivity (Wildman–Crippen MR) is 143 cm³/mol. The molecular formula is C21H9Cl6F3N8O3. The number of primary amides is 1. The van der Waals surface area contributed by atoms with Gasteiger partial charge in [0.25, 0.3) is 5.91 Å². The Balaban J connectivity index is 0.000000274. The van der Waals surface area contributed by atoms with Crippen LogP contribution in [0.5, 0.6) is 0 Å². The highest BCUT2D eigenvalue weighted by Crippen LogP contribution is 2.14. The molecule has 0 fully saturated rings. The Labute approximate surface area is 257 Å². The van der Waals surface area contributed by atoms with Crippen LogP contribution in [0.4, 0.5) is 13.2 Å². The van der Waals surface area contributed by atoms with Crippen molar-refractivity contribution in [1.29, 1.82) is 5.26 Å². The van der Waals surface area contributed by atoms with Gasteiger partial charge in [0.15, 0.2) is 0 Å². The smallest absolute Gasteiger partial charge is 0.338 e. The molecule has 11 nitrogen and oxygen atoms in total. The van der Waals surface area contributed by atoms with Crippen LogP contribution in [0.2, 0.25) is 31.3 Å². The normalized spacial score (nSPS) is 9.46. The van der Waals surface area contributed by atoms with Crippen molar-refractivity contribution in [3.63, 3.8) is 0 Å². The van der Waals surface area contributed by atoms with E-state index in [9.17, 15) is 22.8 Å². The second-order valence-corrected chi connectivity index (χ2v) is 8.49. The number of halogens is 9. The van der Waals surface area contributed by atoms with E-state index in [-0.39, 0.29) is 48.0 Å². The van der Waals surface area contributed by atoms with Gasteiger partial charge in [-0.1, -0.05) is 34.8 Å². The fourth-order valence-corrected chi connectivity index (χ4v) is 3.11. The maximum atomic E-state index is 12.4. The lowest BCUT2D eigenvalue weighted by Gasteiger charge is -1.96. The lowest BCUT2D eigenvalue weighted by atomic mass is 10.3. The molecule has 0 unspecified atom stereocenters. The molecule has 4 aromatic heterocycles. The number of carboxylic acid groups (broad SMARTS) is 1. The van der Waals surface area contributed by atoms with E-state index in [4.69, 9.17) is 85.7 Å². The minimum atomic E-state index is -1.29. The standard InChI is InChI=1S/C6H4ClFN2O.C6H2ClFN2.C6H3ClFNO2.C3Cl3N3/c7-5-4(6(9)11)1-3(8)2-10-5;7-6-4(2-9)1-5(8)3-10-6;7-5-4(6(10)11)1-3(8)2-9-5;4-1-7-2(5)9-3(6)8-1/h1-2H,(H2,9,11);1,3H;1-2H,(H,10,11);. The van der Waals surface area contributed by atoms with Crippen LogP contribution in [0.15, 0.2) is 36.8 Å². The number of aromatic nitrogens is 6. The van der Waals surface area contributed by atoms with Gasteiger partial charge in [-0.15, -0.1) is 0 Å². The Hall–Kier alpha value is -3.58. The summed E-state index contributed by atoms with van der Waals surface area (Å²) in [6.07, 6.45) is 2.73. The highest BCUT2D eigenvalue weighted by molar-refractivity contribution is 6.34. The van der Waals surface area contributed by atoms with Crippen LogP contribution < -0.4 is 5.73 Å². The maximum Gasteiger partial charge on any atom is 0.338 e. The summed E-state index contributed by atoms with van der Waals surface area (Å²) < 4.78 is 37.0. The molecule has 4 aromatic rings. The van der Waals surface area contributed by atoms with Gasteiger partial charge < -0.3 is 10.8 Å². The summed E-state index contributed by atoms with van der Waals surface area (Å²) >= 11 is 32.1. The van der Waals surface area contributed by atoms with Crippen LogP contribution in [0.3, 0.4) is 0 Å². The van der Waals surface area contributed by atoms with E-state index in [0.717, 1.165) is 36.8 Å². The van der Waals surface area contributed by atoms with Crippen LogP contribution in [0.1, 0.15) is 26.3 Å². The SMILES string of the molecule is Clc1nc(Cl)nc(Cl)n1.N#Cc1cc(F)cnc1Cl.NC(=O)c1cc(F)cnc1Cl.O=C(O)c1cc(F)cnc1Cl. The van der Waals surface area contributed by atoms with E-state index in [1.807, 2.05) is 0 Å². The first-order valence-electron chi connectivity index (χ1n) is 9.73. The van der Waals surface area contributed by atoms with Crippen molar-refractivity contribution >= 4 is 81.5 Å². The summed E-state index contributed by atoms with van der Waals surface area (Å²) in [6, 6.07) is 4.50.